The van der Waals surface area contributed by atoms with Gasteiger partial charge < -0.3 is 5.32 Å². The fourth-order valence-corrected chi connectivity index (χ4v) is 0.417. The van der Waals surface area contributed by atoms with Gasteiger partial charge in [-0.15, -0.1) is 0 Å². The zero-order valence-corrected chi connectivity index (χ0v) is 7.96. The van der Waals surface area contributed by atoms with Crippen LogP contribution in [0.1, 0.15) is 6.42 Å². The SMILES string of the molecule is C1=CNCC1.O=CC(Cl)(Cl)Cl. The zero-order valence-electron chi connectivity index (χ0n) is 5.69. The average molecular weight is 216 g/mol. The molecule has 0 spiro atoms. The molecule has 1 N–H and O–H groups in total. The van der Waals surface area contributed by atoms with Crippen LogP contribution in [0.5, 0.6) is 0 Å². The minimum Gasteiger partial charge on any atom is -0.391 e. The minimum absolute atomic E-state index is 0.234. The number of carbonyl (C=O) groups is 1. The first-order valence-electron chi connectivity index (χ1n) is 2.98. The molecule has 0 bridgehead atoms. The number of alkyl halides is 3. The lowest BCUT2D eigenvalue weighted by atomic mass is 10.5. The number of aldehydes is 1. The van der Waals surface area contributed by atoms with Crippen LogP contribution < -0.4 is 5.32 Å². The number of carbonyl (C=O) groups excluding carboxylic acids is 1. The summed E-state index contributed by atoms with van der Waals surface area (Å²) in [7, 11) is 0. The van der Waals surface area contributed by atoms with E-state index in [9.17, 15) is 4.79 Å². The van der Waals surface area contributed by atoms with Crippen molar-refractivity contribution in [3.63, 3.8) is 0 Å². The van der Waals surface area contributed by atoms with Gasteiger partial charge in [0.2, 0.25) is 3.79 Å². The molecule has 1 rings (SSSR count). The van der Waals surface area contributed by atoms with Crippen LogP contribution in [-0.2, 0) is 4.79 Å². The van der Waals surface area contributed by atoms with Crippen molar-refractivity contribution in [1.29, 1.82) is 0 Å². The second kappa shape index (κ2) is 5.70. The number of hydrogen-bond acceptors (Lipinski definition) is 2. The summed E-state index contributed by atoms with van der Waals surface area (Å²) in [5, 5.41) is 3.04. The molecule has 0 radical (unpaired) electrons. The minimum atomic E-state index is -1.72. The lowest BCUT2D eigenvalue weighted by Gasteiger charge is -1.93. The van der Waals surface area contributed by atoms with E-state index in [4.69, 9.17) is 34.8 Å². The predicted octanol–water partition coefficient (Wildman–Crippen LogP) is 2.05. The van der Waals surface area contributed by atoms with Crippen LogP contribution in [0.3, 0.4) is 0 Å². The van der Waals surface area contributed by atoms with Crippen molar-refractivity contribution in [2.75, 3.05) is 6.54 Å². The largest absolute Gasteiger partial charge is 0.391 e. The van der Waals surface area contributed by atoms with E-state index < -0.39 is 3.79 Å². The van der Waals surface area contributed by atoms with Gasteiger partial charge in [-0.3, -0.25) is 4.79 Å². The maximum atomic E-state index is 9.43. The summed E-state index contributed by atoms with van der Waals surface area (Å²) in [6.07, 6.45) is 5.55. The summed E-state index contributed by atoms with van der Waals surface area (Å²) < 4.78 is -1.72. The number of nitrogens with one attached hydrogen (secondary N) is 1. The molecule has 2 nitrogen and oxygen atoms in total. The summed E-state index contributed by atoms with van der Waals surface area (Å²) in [4.78, 5) is 9.43. The molecule has 1 aliphatic heterocycles. The molecule has 64 valence electrons. The van der Waals surface area contributed by atoms with Gasteiger partial charge in [0.05, 0.1) is 0 Å². The van der Waals surface area contributed by atoms with E-state index in [1.165, 1.54) is 6.42 Å². The van der Waals surface area contributed by atoms with Crippen LogP contribution in [0.2, 0.25) is 0 Å². The Labute approximate surface area is 80.5 Å². The van der Waals surface area contributed by atoms with E-state index in [0.717, 1.165) is 6.54 Å². The summed E-state index contributed by atoms with van der Waals surface area (Å²) in [5.74, 6) is 0. The van der Waals surface area contributed by atoms with E-state index in [1.807, 2.05) is 6.20 Å². The third-order valence-electron chi connectivity index (χ3n) is 0.825. The standard InChI is InChI=1S/C4H7N.C2HCl3O/c1-2-4-5-3-1;3-2(4,5)1-6/h1,3,5H,2,4H2;1H. The molecule has 1 heterocycles. The Bertz CT molecular complexity index is 135. The van der Waals surface area contributed by atoms with Crippen molar-refractivity contribution in [2.24, 2.45) is 0 Å². The van der Waals surface area contributed by atoms with Gasteiger partial charge in [0.25, 0.3) is 0 Å². The smallest absolute Gasteiger partial charge is 0.245 e. The lowest BCUT2D eigenvalue weighted by molar-refractivity contribution is -0.107. The summed E-state index contributed by atoms with van der Waals surface area (Å²) in [6, 6.07) is 0. The highest BCUT2D eigenvalue weighted by Gasteiger charge is 2.16. The first kappa shape index (κ1) is 11.1. The molecular formula is C6H8Cl3NO. The highest BCUT2D eigenvalue weighted by Crippen LogP contribution is 2.21. The third-order valence-corrected chi connectivity index (χ3v) is 1.09. The monoisotopic (exact) mass is 215 g/mol. The Hall–Kier alpha value is 0.0800. The van der Waals surface area contributed by atoms with Crippen LogP contribution in [0, 0.1) is 0 Å². The molecule has 5 heteroatoms. The van der Waals surface area contributed by atoms with Crippen LogP contribution in [0.4, 0.5) is 0 Å². The van der Waals surface area contributed by atoms with Gasteiger partial charge in [0.15, 0.2) is 6.29 Å². The molecule has 0 atom stereocenters. The summed E-state index contributed by atoms with van der Waals surface area (Å²) >= 11 is 14.6. The molecule has 0 unspecified atom stereocenters. The molecule has 1 aliphatic rings. The van der Waals surface area contributed by atoms with Crippen molar-refractivity contribution in [3.8, 4) is 0 Å². The van der Waals surface area contributed by atoms with Crippen molar-refractivity contribution < 1.29 is 4.79 Å². The Morgan fingerprint density at radius 1 is 1.45 bits per heavy atom. The van der Waals surface area contributed by atoms with Crippen LogP contribution in [0.25, 0.3) is 0 Å². The molecule has 0 saturated heterocycles. The fraction of sp³-hybridized carbons (Fsp3) is 0.500. The van der Waals surface area contributed by atoms with Gasteiger partial charge in [-0.2, -0.15) is 0 Å². The molecule has 0 aromatic carbocycles. The van der Waals surface area contributed by atoms with Crippen LogP contribution in [0.15, 0.2) is 12.3 Å². The molecule has 0 aromatic heterocycles. The van der Waals surface area contributed by atoms with Crippen LogP contribution >= 0.6 is 34.8 Å². The van der Waals surface area contributed by atoms with E-state index >= 15 is 0 Å². The van der Waals surface area contributed by atoms with Crippen molar-refractivity contribution in [1.82, 2.24) is 5.32 Å². The highest BCUT2D eigenvalue weighted by atomic mass is 35.6. The molecule has 0 amide bonds. The molecule has 0 fully saturated rings. The van der Waals surface area contributed by atoms with E-state index in [1.54, 1.807) is 0 Å². The van der Waals surface area contributed by atoms with Crippen LogP contribution in [-0.4, -0.2) is 16.6 Å². The van der Waals surface area contributed by atoms with Gasteiger partial charge in [-0.1, -0.05) is 40.9 Å². The van der Waals surface area contributed by atoms with E-state index in [2.05, 4.69) is 11.4 Å². The van der Waals surface area contributed by atoms with Crippen molar-refractivity contribution in [3.05, 3.63) is 12.3 Å². The van der Waals surface area contributed by atoms with Gasteiger partial charge in [0.1, 0.15) is 0 Å². The Kier molecular flexibility index (Phi) is 5.74. The van der Waals surface area contributed by atoms with Crippen molar-refractivity contribution in [2.45, 2.75) is 10.2 Å². The normalized spacial score (nSPS) is 14.8. The first-order chi connectivity index (χ1) is 5.06. The number of halogens is 3. The summed E-state index contributed by atoms with van der Waals surface area (Å²) in [6.45, 7) is 1.14. The number of hydrogen-bond donors (Lipinski definition) is 1. The third kappa shape index (κ3) is 10.1. The topological polar surface area (TPSA) is 29.1 Å². The van der Waals surface area contributed by atoms with Crippen molar-refractivity contribution >= 4 is 41.1 Å². The molecule has 0 aliphatic carbocycles. The average Bonchev–Trinajstić information content (AvgIpc) is 2.41. The second-order valence-corrected chi connectivity index (χ2v) is 4.17. The molecule has 11 heavy (non-hydrogen) atoms. The lowest BCUT2D eigenvalue weighted by Crippen LogP contribution is -2.00. The predicted molar refractivity (Wildman–Crippen MR) is 48.1 cm³/mol. The second-order valence-electron chi connectivity index (χ2n) is 1.80. The van der Waals surface area contributed by atoms with Gasteiger partial charge in [0, 0.05) is 6.54 Å². The maximum absolute atomic E-state index is 9.43. The first-order valence-corrected chi connectivity index (χ1v) is 4.11. The fourth-order valence-electron chi connectivity index (χ4n) is 0.417. The Morgan fingerprint density at radius 2 is 2.00 bits per heavy atom. The number of rotatable bonds is 0. The maximum Gasteiger partial charge on any atom is 0.245 e. The zero-order chi connectivity index (χ0) is 8.74. The molecular weight excluding hydrogens is 208 g/mol. The Balaban J connectivity index is 0.000000183. The van der Waals surface area contributed by atoms with E-state index in [-0.39, 0.29) is 6.29 Å². The van der Waals surface area contributed by atoms with Gasteiger partial charge in [-0.05, 0) is 12.6 Å². The quantitative estimate of drug-likeness (QED) is 0.496. The summed E-state index contributed by atoms with van der Waals surface area (Å²) in [5.41, 5.74) is 0. The molecule has 0 aromatic rings. The Morgan fingerprint density at radius 3 is 2.09 bits per heavy atom. The highest BCUT2D eigenvalue weighted by molar-refractivity contribution is 6.74. The molecule has 0 saturated carbocycles. The van der Waals surface area contributed by atoms with Gasteiger partial charge >= 0.3 is 0 Å². The van der Waals surface area contributed by atoms with Gasteiger partial charge in [-0.25, -0.2) is 0 Å². The van der Waals surface area contributed by atoms with E-state index in [0.29, 0.717) is 0 Å².